The number of ketones is 1. The number of hydrogen-bond donors (Lipinski definition) is 2. The molecule has 0 radical (unpaired) electrons. The second-order valence-electron chi connectivity index (χ2n) is 7.03. The molecule has 28 heavy (non-hydrogen) atoms. The number of Topliss-reactive ketones (excluding diaryl/α,β-unsaturated/α-hetero) is 1. The molecule has 9 heteroatoms. The van der Waals surface area contributed by atoms with E-state index in [1.807, 2.05) is 0 Å². The van der Waals surface area contributed by atoms with Gasteiger partial charge in [0.1, 0.15) is 11.5 Å². The van der Waals surface area contributed by atoms with E-state index in [0.29, 0.717) is 34.4 Å². The van der Waals surface area contributed by atoms with Crippen molar-refractivity contribution in [2.24, 2.45) is 5.92 Å². The van der Waals surface area contributed by atoms with Crippen LogP contribution in [0, 0.1) is 5.92 Å². The topological polar surface area (TPSA) is 148 Å². The summed E-state index contributed by atoms with van der Waals surface area (Å²) >= 11 is 6.06. The van der Waals surface area contributed by atoms with Crippen LogP contribution in [-0.4, -0.2) is 60.3 Å². The Hall–Kier alpha value is -1.87. The molecule has 0 aromatic heterocycles. The number of nitrogens with zero attached hydrogens (tertiary/aromatic N) is 1. The van der Waals surface area contributed by atoms with Gasteiger partial charge in [0, 0.05) is 31.6 Å². The van der Waals surface area contributed by atoms with E-state index in [1.54, 1.807) is 19.1 Å². The minimum absolute atomic E-state index is 0. The van der Waals surface area contributed by atoms with Crippen molar-refractivity contribution < 1.29 is 25.3 Å². The molecule has 7 N–H and O–H groups in total. The average Bonchev–Trinajstić information content (AvgIpc) is 2.58. The third-order valence-corrected chi connectivity index (χ3v) is 5.20. The summed E-state index contributed by atoms with van der Waals surface area (Å²) in [5.41, 5.74) is 6.55. The van der Waals surface area contributed by atoms with Gasteiger partial charge in [-0.1, -0.05) is 18.5 Å². The summed E-state index contributed by atoms with van der Waals surface area (Å²) in [4.78, 5) is 26.1. The lowest BCUT2D eigenvalue weighted by atomic mass is 9.93. The number of amides is 1. The highest BCUT2D eigenvalue weighted by Crippen LogP contribution is 2.29. The van der Waals surface area contributed by atoms with E-state index in [4.69, 9.17) is 22.1 Å². The third-order valence-electron chi connectivity index (χ3n) is 4.87. The Kier molecular flexibility index (Phi) is 11.1. The first-order chi connectivity index (χ1) is 12.3. The summed E-state index contributed by atoms with van der Waals surface area (Å²) in [6.07, 6.45) is 2.39. The monoisotopic (exact) mass is 417 g/mol. The number of halogens is 1. The number of hydrogen-bond acceptors (Lipinski definition) is 5. The van der Waals surface area contributed by atoms with Gasteiger partial charge in [0.15, 0.2) is 0 Å². The quantitative estimate of drug-likeness (QED) is 0.637. The molecule has 1 aromatic rings. The second-order valence-corrected chi connectivity index (χ2v) is 7.43. The van der Waals surface area contributed by atoms with Crippen LogP contribution in [0.25, 0.3) is 0 Å². The molecule has 1 heterocycles. The van der Waals surface area contributed by atoms with E-state index < -0.39 is 0 Å². The minimum Gasteiger partial charge on any atom is -0.496 e. The Balaban J connectivity index is 0.00000364. The summed E-state index contributed by atoms with van der Waals surface area (Å²) < 4.78 is 5.26. The van der Waals surface area contributed by atoms with Gasteiger partial charge in [-0.05, 0) is 38.3 Å². The highest BCUT2D eigenvalue weighted by Gasteiger charge is 2.28. The first-order valence-electron chi connectivity index (χ1n) is 8.97. The number of nitrogens with two attached hydrogens (primary N) is 1. The maximum atomic E-state index is 12.7. The van der Waals surface area contributed by atoms with E-state index in [9.17, 15) is 9.59 Å². The van der Waals surface area contributed by atoms with Gasteiger partial charge in [-0.25, -0.2) is 0 Å². The van der Waals surface area contributed by atoms with Crippen LogP contribution in [0.4, 0.5) is 5.69 Å². The number of nitrogens with one attached hydrogen (secondary N) is 1. The molecule has 1 saturated heterocycles. The first-order valence-corrected chi connectivity index (χ1v) is 9.35. The van der Waals surface area contributed by atoms with Crippen molar-refractivity contribution in [2.75, 3.05) is 32.5 Å². The van der Waals surface area contributed by atoms with Gasteiger partial charge in [-0.3, -0.25) is 4.79 Å². The number of likely N-dealkylation sites (tertiary alicyclic amines) is 1. The van der Waals surface area contributed by atoms with Crippen molar-refractivity contribution in [3.63, 3.8) is 0 Å². The number of anilines is 1. The lowest BCUT2D eigenvalue weighted by Crippen LogP contribution is -2.50. The van der Waals surface area contributed by atoms with Gasteiger partial charge in [0.05, 0.1) is 23.4 Å². The Bertz CT molecular complexity index is 671. The molecule has 1 aliphatic heterocycles. The van der Waals surface area contributed by atoms with Crippen molar-refractivity contribution in [2.45, 2.75) is 39.2 Å². The van der Waals surface area contributed by atoms with Gasteiger partial charge < -0.3 is 36.4 Å². The molecule has 0 spiro atoms. The molecular weight excluding hydrogens is 386 g/mol. The van der Waals surface area contributed by atoms with Crippen molar-refractivity contribution in [1.82, 2.24) is 10.2 Å². The Morgan fingerprint density at radius 1 is 1.36 bits per heavy atom. The fourth-order valence-electron chi connectivity index (χ4n) is 3.36. The van der Waals surface area contributed by atoms with Crippen molar-refractivity contribution in [1.29, 1.82) is 0 Å². The van der Waals surface area contributed by atoms with Crippen LogP contribution in [0.5, 0.6) is 5.75 Å². The molecule has 160 valence electrons. The van der Waals surface area contributed by atoms with E-state index >= 15 is 0 Å². The molecule has 0 saturated carbocycles. The van der Waals surface area contributed by atoms with E-state index in [0.717, 1.165) is 32.5 Å². The third kappa shape index (κ3) is 6.94. The highest BCUT2D eigenvalue weighted by atomic mass is 35.5. The van der Waals surface area contributed by atoms with E-state index in [1.165, 1.54) is 7.11 Å². The molecule has 8 nitrogen and oxygen atoms in total. The van der Waals surface area contributed by atoms with Crippen molar-refractivity contribution in [3.05, 3.63) is 22.7 Å². The number of piperidine rings is 1. The van der Waals surface area contributed by atoms with Gasteiger partial charge >= 0.3 is 0 Å². The molecule has 1 amide bonds. The SMILES string of the molecule is COc1cc(N)c(Cl)cc1C(=O)NC1CCN(CCCC(C)=O)CC1C.O.O. The summed E-state index contributed by atoms with van der Waals surface area (Å²) in [5.74, 6) is 0.765. The number of nitrogen functional groups attached to an aromatic ring is 1. The predicted octanol–water partition coefficient (Wildman–Crippen LogP) is 1.09. The average molecular weight is 418 g/mol. The maximum absolute atomic E-state index is 12.7. The Morgan fingerprint density at radius 3 is 2.61 bits per heavy atom. The smallest absolute Gasteiger partial charge is 0.255 e. The maximum Gasteiger partial charge on any atom is 0.255 e. The Labute approximate surface area is 171 Å². The molecular formula is C19H32ClN3O5. The number of rotatable bonds is 7. The zero-order valence-corrected chi connectivity index (χ0v) is 17.4. The molecule has 2 unspecified atom stereocenters. The van der Waals surface area contributed by atoms with Crippen LogP contribution < -0.4 is 15.8 Å². The van der Waals surface area contributed by atoms with Gasteiger partial charge in [0.2, 0.25) is 0 Å². The molecule has 1 aromatic carbocycles. The molecule has 2 atom stereocenters. The number of ether oxygens (including phenoxy) is 1. The number of carbonyl (C=O) groups excluding carboxylic acids is 2. The molecule has 1 aliphatic rings. The summed E-state index contributed by atoms with van der Waals surface area (Å²) in [6, 6.07) is 3.21. The number of methoxy groups -OCH3 is 1. The summed E-state index contributed by atoms with van der Waals surface area (Å²) in [6.45, 7) is 6.50. The highest BCUT2D eigenvalue weighted by molar-refractivity contribution is 6.33. The van der Waals surface area contributed by atoms with Crippen molar-refractivity contribution >= 4 is 29.0 Å². The standard InChI is InChI=1S/C19H28ClN3O3.2H2O/c1-12-11-23(7-4-5-13(2)24)8-6-17(12)22-19(25)14-9-15(20)16(21)10-18(14)26-3;;/h9-10,12,17H,4-8,11,21H2,1-3H3,(H,22,25);2*1H2. The normalized spacial score (nSPS) is 19.1. The molecule has 1 fully saturated rings. The zero-order valence-electron chi connectivity index (χ0n) is 16.7. The molecule has 2 rings (SSSR count). The summed E-state index contributed by atoms with van der Waals surface area (Å²) in [7, 11) is 1.50. The molecule has 0 bridgehead atoms. The van der Waals surface area contributed by atoms with Crippen molar-refractivity contribution in [3.8, 4) is 5.75 Å². The van der Waals surface area contributed by atoms with Crippen LogP contribution in [0.3, 0.4) is 0 Å². The van der Waals surface area contributed by atoms with E-state index in [2.05, 4.69) is 17.1 Å². The number of benzene rings is 1. The fourth-order valence-corrected chi connectivity index (χ4v) is 3.53. The summed E-state index contributed by atoms with van der Waals surface area (Å²) in [5, 5.41) is 3.44. The van der Waals surface area contributed by atoms with Crippen LogP contribution in [-0.2, 0) is 4.79 Å². The van der Waals surface area contributed by atoms with Gasteiger partial charge in [-0.2, -0.15) is 0 Å². The van der Waals surface area contributed by atoms with Crippen LogP contribution in [0.15, 0.2) is 12.1 Å². The lowest BCUT2D eigenvalue weighted by molar-refractivity contribution is -0.117. The Morgan fingerprint density at radius 2 is 2.04 bits per heavy atom. The molecule has 0 aliphatic carbocycles. The number of carbonyl (C=O) groups is 2. The van der Waals surface area contributed by atoms with Crippen LogP contribution >= 0.6 is 11.6 Å². The predicted molar refractivity (Wildman–Crippen MR) is 111 cm³/mol. The van der Waals surface area contributed by atoms with Crippen LogP contribution in [0.1, 0.15) is 43.5 Å². The largest absolute Gasteiger partial charge is 0.496 e. The van der Waals surface area contributed by atoms with E-state index in [-0.39, 0.29) is 28.7 Å². The minimum atomic E-state index is -0.203. The second kappa shape index (κ2) is 11.9. The lowest BCUT2D eigenvalue weighted by Gasteiger charge is -2.37. The van der Waals surface area contributed by atoms with Crippen LogP contribution in [0.2, 0.25) is 5.02 Å². The van der Waals surface area contributed by atoms with Gasteiger partial charge in [-0.15, -0.1) is 0 Å². The van der Waals surface area contributed by atoms with Gasteiger partial charge in [0.25, 0.3) is 5.91 Å². The fraction of sp³-hybridized carbons (Fsp3) is 0.579. The first kappa shape index (κ1) is 26.1. The zero-order chi connectivity index (χ0) is 19.3.